The number of carbonyl (C=O) groups is 2. The van der Waals surface area contributed by atoms with E-state index in [0.29, 0.717) is 16.9 Å². The Morgan fingerprint density at radius 2 is 1.38 bits per heavy atom. The van der Waals surface area contributed by atoms with Crippen LogP contribution in [0, 0.1) is 5.82 Å². The number of hydrogen-bond donors (Lipinski definition) is 1. The van der Waals surface area contributed by atoms with Crippen LogP contribution < -0.4 is 15.1 Å². The molecular weight excluding hydrogens is 429 g/mol. The standard InChI is InChI=1S/C28H28FN3O2/c1-28(2,3)19-8-14-23(15-9-19)32-26(33)24(18-6-10-20(29)11-7-18)25(27(32)34)30-21-12-16-22(17-13-21)31(4)5/h6-17,30H,1-5H3. The second kappa shape index (κ2) is 8.78. The van der Waals surface area contributed by atoms with Gasteiger partial charge < -0.3 is 10.2 Å². The molecule has 1 aliphatic rings. The SMILES string of the molecule is CN(C)c1ccc(NC2=C(c3ccc(F)cc3)C(=O)N(c3ccc(C(C)(C)C)cc3)C2=O)cc1. The number of benzene rings is 3. The summed E-state index contributed by atoms with van der Waals surface area (Å²) in [6, 6.07) is 20.6. The van der Waals surface area contributed by atoms with Crippen LogP contribution in [0.1, 0.15) is 31.9 Å². The van der Waals surface area contributed by atoms with Crippen molar-refractivity contribution in [1.82, 2.24) is 0 Å². The fraction of sp³-hybridized carbons (Fsp3) is 0.214. The molecule has 0 fully saturated rings. The van der Waals surface area contributed by atoms with E-state index in [0.717, 1.165) is 11.3 Å². The molecule has 6 heteroatoms. The lowest BCUT2D eigenvalue weighted by Gasteiger charge is -2.21. The molecule has 0 bridgehead atoms. The first-order valence-electron chi connectivity index (χ1n) is 11.1. The Morgan fingerprint density at radius 1 is 0.794 bits per heavy atom. The van der Waals surface area contributed by atoms with Gasteiger partial charge in [-0.25, -0.2) is 9.29 Å². The third-order valence-corrected chi connectivity index (χ3v) is 5.86. The lowest BCUT2D eigenvalue weighted by atomic mass is 9.87. The first-order chi connectivity index (χ1) is 16.1. The Bertz CT molecular complexity index is 1250. The number of halogens is 1. The predicted octanol–water partition coefficient (Wildman–Crippen LogP) is 5.59. The summed E-state index contributed by atoms with van der Waals surface area (Å²) >= 11 is 0. The molecule has 3 aromatic carbocycles. The first-order valence-corrected chi connectivity index (χ1v) is 11.1. The average molecular weight is 458 g/mol. The van der Waals surface area contributed by atoms with E-state index in [1.165, 1.54) is 29.2 Å². The third-order valence-electron chi connectivity index (χ3n) is 5.86. The summed E-state index contributed by atoms with van der Waals surface area (Å²) in [5.74, 6) is -1.32. The van der Waals surface area contributed by atoms with Crippen molar-refractivity contribution in [3.63, 3.8) is 0 Å². The summed E-state index contributed by atoms with van der Waals surface area (Å²) in [6.07, 6.45) is 0. The molecule has 1 N–H and O–H groups in total. The van der Waals surface area contributed by atoms with Crippen LogP contribution >= 0.6 is 0 Å². The number of hydrogen-bond acceptors (Lipinski definition) is 4. The minimum Gasteiger partial charge on any atom is -0.378 e. The quantitative estimate of drug-likeness (QED) is 0.508. The fourth-order valence-electron chi connectivity index (χ4n) is 3.86. The number of amides is 2. The molecule has 0 aromatic heterocycles. The number of imide groups is 1. The van der Waals surface area contributed by atoms with Gasteiger partial charge in [0.25, 0.3) is 11.8 Å². The van der Waals surface area contributed by atoms with E-state index in [2.05, 4.69) is 26.1 Å². The van der Waals surface area contributed by atoms with Gasteiger partial charge in [0.1, 0.15) is 11.5 Å². The fourth-order valence-corrected chi connectivity index (χ4v) is 3.86. The summed E-state index contributed by atoms with van der Waals surface area (Å²) in [6.45, 7) is 6.31. The van der Waals surface area contributed by atoms with Gasteiger partial charge in [-0.2, -0.15) is 0 Å². The molecule has 0 saturated carbocycles. The van der Waals surface area contributed by atoms with Crippen molar-refractivity contribution >= 4 is 34.4 Å². The zero-order chi connectivity index (χ0) is 24.6. The molecule has 1 aliphatic heterocycles. The van der Waals surface area contributed by atoms with Gasteiger partial charge in [-0.05, 0) is 65.1 Å². The summed E-state index contributed by atoms with van der Waals surface area (Å²) in [7, 11) is 3.89. The topological polar surface area (TPSA) is 52.7 Å². The van der Waals surface area contributed by atoms with Gasteiger partial charge in [0.05, 0.1) is 11.3 Å². The van der Waals surface area contributed by atoms with Crippen LogP contribution in [0.5, 0.6) is 0 Å². The van der Waals surface area contributed by atoms with Crippen molar-refractivity contribution < 1.29 is 14.0 Å². The van der Waals surface area contributed by atoms with Gasteiger partial charge in [-0.15, -0.1) is 0 Å². The van der Waals surface area contributed by atoms with Crippen molar-refractivity contribution in [2.24, 2.45) is 0 Å². The molecule has 0 atom stereocenters. The highest BCUT2D eigenvalue weighted by atomic mass is 19.1. The second-order valence-electron chi connectivity index (χ2n) is 9.57. The summed E-state index contributed by atoms with van der Waals surface area (Å²) in [4.78, 5) is 30.2. The van der Waals surface area contributed by atoms with Crippen molar-refractivity contribution in [2.45, 2.75) is 26.2 Å². The zero-order valence-corrected chi connectivity index (χ0v) is 20.0. The van der Waals surface area contributed by atoms with E-state index in [9.17, 15) is 14.0 Å². The maximum atomic E-state index is 13.6. The maximum absolute atomic E-state index is 13.6. The highest BCUT2D eigenvalue weighted by Crippen LogP contribution is 2.35. The Hall–Kier alpha value is -3.93. The van der Waals surface area contributed by atoms with Gasteiger partial charge in [-0.1, -0.05) is 45.0 Å². The van der Waals surface area contributed by atoms with E-state index >= 15 is 0 Å². The van der Waals surface area contributed by atoms with Gasteiger partial charge in [0.2, 0.25) is 0 Å². The Morgan fingerprint density at radius 3 is 1.91 bits per heavy atom. The number of carbonyl (C=O) groups excluding carboxylic acids is 2. The van der Waals surface area contributed by atoms with Crippen molar-refractivity contribution in [1.29, 1.82) is 0 Å². The van der Waals surface area contributed by atoms with Crippen LogP contribution in [-0.4, -0.2) is 25.9 Å². The number of nitrogens with one attached hydrogen (secondary N) is 1. The smallest absolute Gasteiger partial charge is 0.282 e. The summed E-state index contributed by atoms with van der Waals surface area (Å²) in [5, 5.41) is 3.14. The molecule has 0 saturated heterocycles. The van der Waals surface area contributed by atoms with Crippen molar-refractivity contribution in [3.05, 3.63) is 95.4 Å². The van der Waals surface area contributed by atoms with Crippen LogP contribution in [0.3, 0.4) is 0 Å². The normalized spacial score (nSPS) is 14.1. The van der Waals surface area contributed by atoms with E-state index in [4.69, 9.17) is 0 Å². The van der Waals surface area contributed by atoms with Crippen LogP contribution in [0.15, 0.2) is 78.5 Å². The number of nitrogens with zero attached hydrogens (tertiary/aromatic N) is 2. The van der Waals surface area contributed by atoms with Gasteiger partial charge in [-0.3, -0.25) is 9.59 Å². The molecule has 2 amide bonds. The van der Waals surface area contributed by atoms with Crippen LogP contribution in [0.4, 0.5) is 21.5 Å². The molecule has 4 rings (SSSR count). The van der Waals surface area contributed by atoms with Crippen molar-refractivity contribution in [2.75, 3.05) is 29.2 Å². The Labute approximate surface area is 199 Å². The van der Waals surface area contributed by atoms with Gasteiger partial charge in [0, 0.05) is 25.5 Å². The minimum absolute atomic E-state index is 0.0550. The highest BCUT2D eigenvalue weighted by molar-refractivity contribution is 6.46. The third kappa shape index (κ3) is 4.44. The summed E-state index contributed by atoms with van der Waals surface area (Å²) in [5.41, 5.74) is 4.06. The number of rotatable bonds is 5. The largest absolute Gasteiger partial charge is 0.378 e. The molecular formula is C28H28FN3O2. The molecule has 3 aromatic rings. The van der Waals surface area contributed by atoms with Gasteiger partial charge >= 0.3 is 0 Å². The molecule has 0 aliphatic carbocycles. The first kappa shape index (κ1) is 23.2. The zero-order valence-electron chi connectivity index (χ0n) is 20.0. The van der Waals surface area contributed by atoms with E-state index in [1.54, 1.807) is 12.1 Å². The average Bonchev–Trinajstić information content (AvgIpc) is 3.03. The highest BCUT2D eigenvalue weighted by Gasteiger charge is 2.40. The minimum atomic E-state index is -0.454. The predicted molar refractivity (Wildman–Crippen MR) is 135 cm³/mol. The van der Waals surface area contributed by atoms with Gasteiger partial charge in [0.15, 0.2) is 0 Å². The summed E-state index contributed by atoms with van der Waals surface area (Å²) < 4.78 is 13.6. The monoisotopic (exact) mass is 457 g/mol. The second-order valence-corrected chi connectivity index (χ2v) is 9.57. The van der Waals surface area contributed by atoms with Crippen LogP contribution in [0.2, 0.25) is 0 Å². The molecule has 34 heavy (non-hydrogen) atoms. The number of anilines is 3. The lowest BCUT2D eigenvalue weighted by molar-refractivity contribution is -0.120. The van der Waals surface area contributed by atoms with E-state index in [1.807, 2.05) is 55.4 Å². The van der Waals surface area contributed by atoms with Crippen LogP contribution in [0.25, 0.3) is 5.57 Å². The Kier molecular flexibility index (Phi) is 6.00. The van der Waals surface area contributed by atoms with E-state index < -0.39 is 17.6 Å². The molecule has 0 unspecified atom stereocenters. The molecule has 1 heterocycles. The van der Waals surface area contributed by atoms with Crippen molar-refractivity contribution in [3.8, 4) is 0 Å². The molecule has 0 radical (unpaired) electrons. The molecule has 174 valence electrons. The van der Waals surface area contributed by atoms with E-state index in [-0.39, 0.29) is 16.7 Å². The molecule has 5 nitrogen and oxygen atoms in total. The Balaban J connectivity index is 1.75. The lowest BCUT2D eigenvalue weighted by Crippen LogP contribution is -2.32. The van der Waals surface area contributed by atoms with Crippen LogP contribution in [-0.2, 0) is 15.0 Å². The molecule has 0 spiro atoms. The maximum Gasteiger partial charge on any atom is 0.282 e.